The van der Waals surface area contributed by atoms with Crippen molar-refractivity contribution < 1.29 is 19.5 Å². The Bertz CT molecular complexity index is 1620. The van der Waals surface area contributed by atoms with Crippen LogP contribution in [-0.4, -0.2) is 71.5 Å². The Balaban J connectivity index is 1.42. The van der Waals surface area contributed by atoms with Crippen LogP contribution in [0.3, 0.4) is 0 Å². The lowest BCUT2D eigenvalue weighted by Crippen LogP contribution is -2.44. The number of hydrogen-bond acceptors (Lipinski definition) is 8. The number of aliphatic hydroxyl groups excluding tert-OH is 1. The fraction of sp³-hybridized carbons (Fsp3) is 0.321. The van der Waals surface area contributed by atoms with Crippen molar-refractivity contribution in [2.45, 2.75) is 39.8 Å². The van der Waals surface area contributed by atoms with Crippen molar-refractivity contribution in [1.29, 1.82) is 0 Å². The van der Waals surface area contributed by atoms with Crippen molar-refractivity contribution in [2.75, 3.05) is 18.5 Å². The zero-order chi connectivity index (χ0) is 28.6. The summed E-state index contributed by atoms with van der Waals surface area (Å²) in [5.41, 5.74) is 3.25. The molecule has 5 rings (SSSR count). The van der Waals surface area contributed by atoms with Crippen LogP contribution in [0.15, 0.2) is 47.3 Å². The van der Waals surface area contributed by atoms with E-state index in [-0.39, 0.29) is 48.9 Å². The summed E-state index contributed by atoms with van der Waals surface area (Å²) in [6.07, 6.45) is 3.75. The number of carbonyl (C=O) groups is 3. The van der Waals surface area contributed by atoms with Crippen LogP contribution >= 0.6 is 15.9 Å². The van der Waals surface area contributed by atoms with Crippen molar-refractivity contribution in [3.63, 3.8) is 0 Å². The zero-order valence-electron chi connectivity index (χ0n) is 22.3. The fourth-order valence-electron chi connectivity index (χ4n) is 4.91. The van der Waals surface area contributed by atoms with E-state index in [9.17, 15) is 19.5 Å². The molecule has 40 heavy (non-hydrogen) atoms. The SMILES string of the molecule is CC(=O)c1nn(CC(=O)N2CC(CO)CC2C(=O)Nc2nc(Br)ccc2C)c2ccc(-c3cnc(C)nc3)cc12. The van der Waals surface area contributed by atoms with Crippen LogP contribution in [0.25, 0.3) is 22.0 Å². The summed E-state index contributed by atoms with van der Waals surface area (Å²) < 4.78 is 2.07. The predicted molar refractivity (Wildman–Crippen MR) is 151 cm³/mol. The van der Waals surface area contributed by atoms with E-state index in [0.29, 0.717) is 33.6 Å². The van der Waals surface area contributed by atoms with Gasteiger partial charge in [-0.05, 0) is 65.5 Å². The predicted octanol–water partition coefficient (Wildman–Crippen LogP) is 3.32. The summed E-state index contributed by atoms with van der Waals surface area (Å²) in [6, 6.07) is 8.34. The standard InChI is InChI=1S/C28H28BrN7O4/c1-15-4-7-24(29)32-27(15)33-28(40)23-8-18(14-37)12-35(23)25(39)13-36-22-6-5-19(20-10-30-17(3)31-11-20)9-21(22)26(34-36)16(2)38/h4-7,9-11,18,23,37H,8,12-14H2,1-3H3,(H,32,33,40). The highest BCUT2D eigenvalue weighted by molar-refractivity contribution is 9.10. The maximum Gasteiger partial charge on any atom is 0.248 e. The third-order valence-corrected chi connectivity index (χ3v) is 7.50. The summed E-state index contributed by atoms with van der Waals surface area (Å²) in [4.78, 5) is 53.6. The van der Waals surface area contributed by atoms with Gasteiger partial charge < -0.3 is 15.3 Å². The van der Waals surface area contributed by atoms with Gasteiger partial charge in [0, 0.05) is 49.3 Å². The van der Waals surface area contributed by atoms with Gasteiger partial charge in [-0.15, -0.1) is 0 Å². The molecule has 1 aromatic carbocycles. The van der Waals surface area contributed by atoms with Gasteiger partial charge in [0.25, 0.3) is 0 Å². The second-order valence-electron chi connectivity index (χ2n) is 9.95. The number of hydrogen-bond donors (Lipinski definition) is 2. The lowest BCUT2D eigenvalue weighted by molar-refractivity contribution is -0.137. The van der Waals surface area contributed by atoms with Gasteiger partial charge in [-0.2, -0.15) is 5.10 Å². The molecule has 0 aliphatic carbocycles. The van der Waals surface area contributed by atoms with E-state index in [0.717, 1.165) is 16.7 Å². The third-order valence-electron chi connectivity index (χ3n) is 7.06. The van der Waals surface area contributed by atoms with Crippen LogP contribution in [0, 0.1) is 19.8 Å². The van der Waals surface area contributed by atoms with E-state index in [1.807, 2.05) is 31.2 Å². The topological polar surface area (TPSA) is 143 Å². The number of rotatable bonds is 7. The number of ketones is 1. The molecular weight excluding hydrogens is 578 g/mol. The zero-order valence-corrected chi connectivity index (χ0v) is 23.8. The number of pyridine rings is 1. The Kier molecular flexibility index (Phi) is 7.72. The van der Waals surface area contributed by atoms with Gasteiger partial charge in [-0.3, -0.25) is 19.1 Å². The lowest BCUT2D eigenvalue weighted by Gasteiger charge is -2.24. The lowest BCUT2D eigenvalue weighted by atomic mass is 10.0. The first-order chi connectivity index (χ1) is 19.1. The van der Waals surface area contributed by atoms with E-state index >= 15 is 0 Å². The van der Waals surface area contributed by atoms with Gasteiger partial charge in [-0.25, -0.2) is 15.0 Å². The van der Waals surface area contributed by atoms with E-state index in [4.69, 9.17) is 0 Å². The van der Waals surface area contributed by atoms with Gasteiger partial charge in [0.2, 0.25) is 11.8 Å². The van der Waals surface area contributed by atoms with Crippen LogP contribution in [0.2, 0.25) is 0 Å². The number of anilines is 1. The number of fused-ring (bicyclic) bond motifs is 1. The molecular formula is C28H28BrN7O4. The van der Waals surface area contributed by atoms with Gasteiger partial charge in [0.15, 0.2) is 5.78 Å². The molecule has 0 bridgehead atoms. The number of likely N-dealkylation sites (tertiary alicyclic amines) is 1. The summed E-state index contributed by atoms with van der Waals surface area (Å²) >= 11 is 3.32. The van der Waals surface area contributed by atoms with Crippen molar-refractivity contribution >= 4 is 50.2 Å². The second-order valence-corrected chi connectivity index (χ2v) is 10.8. The van der Waals surface area contributed by atoms with Crippen LogP contribution in [0.1, 0.15) is 35.2 Å². The highest BCUT2D eigenvalue weighted by Crippen LogP contribution is 2.29. The Morgan fingerprint density at radius 3 is 2.55 bits per heavy atom. The van der Waals surface area contributed by atoms with Crippen LogP contribution in [-0.2, 0) is 16.1 Å². The van der Waals surface area contributed by atoms with Gasteiger partial charge in [0.05, 0.1) is 5.52 Å². The number of Topliss-reactive ketones (excluding diaryl/α,β-unsaturated/α-hetero) is 1. The van der Waals surface area contributed by atoms with Crippen LogP contribution in [0.4, 0.5) is 5.82 Å². The Morgan fingerprint density at radius 2 is 1.85 bits per heavy atom. The number of nitrogens with one attached hydrogen (secondary N) is 1. The van der Waals surface area contributed by atoms with Crippen molar-refractivity contribution in [2.24, 2.45) is 5.92 Å². The highest BCUT2D eigenvalue weighted by Gasteiger charge is 2.39. The molecule has 1 fully saturated rings. The van der Waals surface area contributed by atoms with Crippen LogP contribution < -0.4 is 5.32 Å². The molecule has 1 aliphatic heterocycles. The number of aliphatic hydroxyl groups is 1. The Morgan fingerprint density at radius 1 is 1.10 bits per heavy atom. The van der Waals surface area contributed by atoms with Gasteiger partial charge >= 0.3 is 0 Å². The molecule has 1 saturated heterocycles. The molecule has 3 aromatic heterocycles. The molecule has 4 aromatic rings. The molecule has 2 N–H and O–H groups in total. The summed E-state index contributed by atoms with van der Waals surface area (Å²) in [5.74, 6) is -0.135. The molecule has 206 valence electrons. The number of aromatic nitrogens is 5. The monoisotopic (exact) mass is 605 g/mol. The molecule has 11 nitrogen and oxygen atoms in total. The maximum absolute atomic E-state index is 13.6. The first-order valence-corrected chi connectivity index (χ1v) is 13.6. The number of benzene rings is 1. The summed E-state index contributed by atoms with van der Waals surface area (Å²) in [7, 11) is 0. The minimum Gasteiger partial charge on any atom is -0.396 e. The number of carbonyl (C=O) groups excluding carboxylic acids is 3. The minimum absolute atomic E-state index is 0.146. The molecule has 12 heteroatoms. The van der Waals surface area contributed by atoms with Crippen molar-refractivity contribution in [3.8, 4) is 11.1 Å². The first kappa shape index (κ1) is 27.5. The molecule has 0 saturated carbocycles. The largest absolute Gasteiger partial charge is 0.396 e. The van der Waals surface area contributed by atoms with E-state index in [1.165, 1.54) is 16.5 Å². The van der Waals surface area contributed by atoms with E-state index < -0.39 is 6.04 Å². The molecule has 4 heterocycles. The van der Waals surface area contributed by atoms with Gasteiger partial charge in [0.1, 0.15) is 34.5 Å². The molecule has 2 amide bonds. The molecule has 2 unspecified atom stereocenters. The Labute approximate surface area is 238 Å². The first-order valence-electron chi connectivity index (χ1n) is 12.8. The second kappa shape index (κ2) is 11.2. The number of halogens is 1. The Hall–Kier alpha value is -4.03. The maximum atomic E-state index is 13.6. The quantitative estimate of drug-likeness (QED) is 0.241. The summed E-state index contributed by atoms with van der Waals surface area (Å²) in [5, 5.41) is 17.7. The number of aryl methyl sites for hydroxylation is 2. The smallest absolute Gasteiger partial charge is 0.248 e. The normalized spacial score (nSPS) is 16.9. The van der Waals surface area contributed by atoms with Crippen LogP contribution in [0.5, 0.6) is 0 Å². The van der Waals surface area contributed by atoms with E-state index in [2.05, 4.69) is 41.3 Å². The van der Waals surface area contributed by atoms with E-state index in [1.54, 1.807) is 25.4 Å². The van der Waals surface area contributed by atoms with Crippen molar-refractivity contribution in [3.05, 3.63) is 64.4 Å². The molecule has 0 radical (unpaired) electrons. The number of nitrogens with zero attached hydrogens (tertiary/aromatic N) is 6. The number of amides is 2. The van der Waals surface area contributed by atoms with Gasteiger partial charge in [-0.1, -0.05) is 12.1 Å². The minimum atomic E-state index is -0.785. The third kappa shape index (κ3) is 5.50. The summed E-state index contributed by atoms with van der Waals surface area (Å²) in [6.45, 7) is 4.97. The van der Waals surface area contributed by atoms with Crippen molar-refractivity contribution in [1.82, 2.24) is 29.6 Å². The fourth-order valence-corrected chi connectivity index (χ4v) is 5.22. The molecule has 2 atom stereocenters. The highest BCUT2D eigenvalue weighted by atomic mass is 79.9. The average molecular weight is 606 g/mol. The molecule has 1 aliphatic rings. The average Bonchev–Trinajstić information content (AvgIpc) is 3.53. The molecule has 0 spiro atoms.